The van der Waals surface area contributed by atoms with Crippen LogP contribution in [0.25, 0.3) is 0 Å². The quantitative estimate of drug-likeness (QED) is 0.251. The maximum absolute atomic E-state index is 12.9. The fourth-order valence-electron chi connectivity index (χ4n) is 4.34. The molecule has 2 aromatic carbocycles. The van der Waals surface area contributed by atoms with E-state index in [4.69, 9.17) is 4.74 Å². The van der Waals surface area contributed by atoms with Crippen LogP contribution < -0.4 is 20.9 Å². The van der Waals surface area contributed by atoms with E-state index in [1.807, 2.05) is 36.4 Å². The molecule has 0 bridgehead atoms. The van der Waals surface area contributed by atoms with Crippen LogP contribution in [-0.4, -0.2) is 62.5 Å². The number of amides is 2. The minimum Gasteiger partial charge on any atom is -0.385 e. The standard InChI is InChI=1S/C29H33N5O4/c1-38-15-5-13-30-26-16-22(8-9-24(26)20-35)29(37)33-25-12-14-34(19-25)27-11-10-23(18-31-27)28(36)32-17-21-6-3-2-4-7-21/h2-4,6-11,16,18,20,25,30H,5,12-15,17,19H2,1H3,(H,32,36)(H,33,37). The summed E-state index contributed by atoms with van der Waals surface area (Å²) >= 11 is 0. The van der Waals surface area contributed by atoms with Gasteiger partial charge < -0.3 is 25.6 Å². The molecular weight excluding hydrogens is 482 g/mol. The number of carbonyl (C=O) groups excluding carboxylic acids is 3. The van der Waals surface area contributed by atoms with E-state index in [1.54, 1.807) is 37.6 Å². The summed E-state index contributed by atoms with van der Waals surface area (Å²) in [6.45, 7) is 3.07. The molecule has 0 saturated carbocycles. The van der Waals surface area contributed by atoms with E-state index in [2.05, 4.69) is 25.8 Å². The minimum absolute atomic E-state index is 0.0398. The van der Waals surface area contributed by atoms with Crippen molar-refractivity contribution >= 4 is 29.6 Å². The first-order valence-electron chi connectivity index (χ1n) is 12.7. The zero-order valence-corrected chi connectivity index (χ0v) is 21.5. The summed E-state index contributed by atoms with van der Waals surface area (Å²) in [5.41, 5.74) is 3.17. The van der Waals surface area contributed by atoms with Crippen molar-refractivity contribution in [1.29, 1.82) is 0 Å². The molecule has 3 aromatic rings. The minimum atomic E-state index is -0.187. The molecule has 2 heterocycles. The van der Waals surface area contributed by atoms with Crippen LogP contribution in [0.3, 0.4) is 0 Å². The molecule has 0 radical (unpaired) electrons. The molecule has 0 spiro atoms. The van der Waals surface area contributed by atoms with Crippen LogP contribution in [0.1, 0.15) is 49.5 Å². The fourth-order valence-corrected chi connectivity index (χ4v) is 4.34. The summed E-state index contributed by atoms with van der Waals surface area (Å²) in [4.78, 5) is 43.4. The van der Waals surface area contributed by atoms with Gasteiger partial charge >= 0.3 is 0 Å². The molecule has 1 atom stereocenters. The van der Waals surface area contributed by atoms with E-state index < -0.39 is 0 Å². The van der Waals surface area contributed by atoms with Crippen molar-refractivity contribution in [1.82, 2.24) is 15.6 Å². The highest BCUT2D eigenvalue weighted by Gasteiger charge is 2.25. The highest BCUT2D eigenvalue weighted by molar-refractivity contribution is 5.97. The summed E-state index contributed by atoms with van der Waals surface area (Å²) in [5, 5.41) is 9.21. The summed E-state index contributed by atoms with van der Waals surface area (Å²) < 4.78 is 5.05. The van der Waals surface area contributed by atoms with Gasteiger partial charge in [-0.3, -0.25) is 14.4 Å². The van der Waals surface area contributed by atoms with E-state index in [9.17, 15) is 14.4 Å². The van der Waals surface area contributed by atoms with Gasteiger partial charge in [0.1, 0.15) is 5.82 Å². The third-order valence-electron chi connectivity index (χ3n) is 6.44. The van der Waals surface area contributed by atoms with Gasteiger partial charge in [-0.2, -0.15) is 0 Å². The third kappa shape index (κ3) is 7.17. The van der Waals surface area contributed by atoms with Crippen molar-refractivity contribution in [2.45, 2.75) is 25.4 Å². The molecule has 4 rings (SSSR count). The number of pyridine rings is 1. The number of anilines is 2. The first kappa shape index (κ1) is 26.8. The molecular formula is C29H33N5O4. The van der Waals surface area contributed by atoms with Crippen molar-refractivity contribution in [3.05, 3.63) is 89.1 Å². The second-order valence-corrected chi connectivity index (χ2v) is 9.17. The lowest BCUT2D eigenvalue weighted by Crippen LogP contribution is -2.37. The summed E-state index contributed by atoms with van der Waals surface area (Å²) in [6.07, 6.45) is 3.93. The van der Waals surface area contributed by atoms with E-state index >= 15 is 0 Å². The molecule has 1 aliphatic heterocycles. The predicted octanol–water partition coefficient (Wildman–Crippen LogP) is 3.28. The van der Waals surface area contributed by atoms with Crippen LogP contribution in [-0.2, 0) is 11.3 Å². The first-order chi connectivity index (χ1) is 18.6. The highest BCUT2D eigenvalue weighted by atomic mass is 16.5. The van der Waals surface area contributed by atoms with E-state index in [0.717, 1.165) is 37.1 Å². The van der Waals surface area contributed by atoms with Crippen molar-refractivity contribution in [2.75, 3.05) is 43.6 Å². The number of ether oxygens (including phenoxy) is 1. The third-order valence-corrected chi connectivity index (χ3v) is 6.44. The van der Waals surface area contributed by atoms with Gasteiger partial charge in [-0.25, -0.2) is 4.98 Å². The lowest BCUT2D eigenvalue weighted by Gasteiger charge is -2.18. The Bertz CT molecular complexity index is 1230. The van der Waals surface area contributed by atoms with Gasteiger partial charge in [-0.05, 0) is 48.7 Å². The SMILES string of the molecule is COCCCNc1cc(C(=O)NC2CCN(c3ccc(C(=O)NCc4ccccc4)cn3)C2)ccc1C=O. The number of rotatable bonds is 12. The normalized spacial score (nSPS) is 14.7. The Morgan fingerprint density at radius 3 is 2.63 bits per heavy atom. The van der Waals surface area contributed by atoms with Gasteiger partial charge in [-0.1, -0.05) is 30.3 Å². The van der Waals surface area contributed by atoms with Gasteiger partial charge in [0, 0.05) is 68.9 Å². The van der Waals surface area contributed by atoms with Crippen molar-refractivity contribution in [3.8, 4) is 0 Å². The Morgan fingerprint density at radius 1 is 1.08 bits per heavy atom. The lowest BCUT2D eigenvalue weighted by atomic mass is 10.1. The second-order valence-electron chi connectivity index (χ2n) is 9.17. The van der Waals surface area contributed by atoms with Crippen LogP contribution in [0.2, 0.25) is 0 Å². The Morgan fingerprint density at radius 2 is 1.89 bits per heavy atom. The highest BCUT2D eigenvalue weighted by Crippen LogP contribution is 2.20. The second kappa shape index (κ2) is 13.3. The maximum atomic E-state index is 12.9. The summed E-state index contributed by atoms with van der Waals surface area (Å²) in [5.74, 6) is 0.402. The van der Waals surface area contributed by atoms with Gasteiger partial charge in [0.25, 0.3) is 11.8 Å². The number of hydrogen-bond acceptors (Lipinski definition) is 7. The Balaban J connectivity index is 1.29. The Hall–Kier alpha value is -4.24. The molecule has 9 nitrogen and oxygen atoms in total. The fraction of sp³-hybridized carbons (Fsp3) is 0.310. The molecule has 1 saturated heterocycles. The molecule has 1 unspecified atom stereocenters. The number of aldehydes is 1. The first-order valence-corrected chi connectivity index (χ1v) is 12.7. The number of nitrogens with one attached hydrogen (secondary N) is 3. The monoisotopic (exact) mass is 515 g/mol. The van der Waals surface area contributed by atoms with Gasteiger partial charge in [-0.15, -0.1) is 0 Å². The van der Waals surface area contributed by atoms with Crippen LogP contribution >= 0.6 is 0 Å². The van der Waals surface area contributed by atoms with Crippen molar-refractivity contribution in [2.24, 2.45) is 0 Å². The molecule has 3 N–H and O–H groups in total. The maximum Gasteiger partial charge on any atom is 0.253 e. The van der Waals surface area contributed by atoms with Gasteiger partial charge in [0.2, 0.25) is 0 Å². The van der Waals surface area contributed by atoms with E-state index in [0.29, 0.717) is 48.6 Å². The number of benzene rings is 2. The average Bonchev–Trinajstić information content (AvgIpc) is 3.43. The molecule has 1 aliphatic rings. The number of hydrogen-bond donors (Lipinski definition) is 3. The van der Waals surface area contributed by atoms with Crippen LogP contribution in [0.5, 0.6) is 0 Å². The molecule has 9 heteroatoms. The summed E-state index contributed by atoms with van der Waals surface area (Å²) in [6, 6.07) is 18.3. The average molecular weight is 516 g/mol. The number of carbonyl (C=O) groups is 3. The molecule has 0 aliphatic carbocycles. The number of nitrogens with zero attached hydrogens (tertiary/aromatic N) is 2. The Kier molecular flexibility index (Phi) is 9.42. The largest absolute Gasteiger partial charge is 0.385 e. The van der Waals surface area contributed by atoms with Crippen LogP contribution in [0.15, 0.2) is 66.9 Å². The molecule has 2 amide bonds. The summed E-state index contributed by atoms with van der Waals surface area (Å²) in [7, 11) is 1.64. The smallest absolute Gasteiger partial charge is 0.253 e. The zero-order valence-electron chi connectivity index (χ0n) is 21.5. The number of aromatic nitrogens is 1. The van der Waals surface area contributed by atoms with Crippen molar-refractivity contribution in [3.63, 3.8) is 0 Å². The molecule has 1 fully saturated rings. The zero-order chi connectivity index (χ0) is 26.7. The van der Waals surface area contributed by atoms with Gasteiger partial charge in [0.05, 0.1) is 5.56 Å². The lowest BCUT2D eigenvalue weighted by molar-refractivity contribution is 0.0935. The van der Waals surface area contributed by atoms with E-state index in [-0.39, 0.29) is 17.9 Å². The van der Waals surface area contributed by atoms with E-state index in [1.165, 1.54) is 0 Å². The number of methoxy groups -OCH3 is 1. The van der Waals surface area contributed by atoms with Crippen LogP contribution in [0, 0.1) is 0 Å². The van der Waals surface area contributed by atoms with Gasteiger partial charge in [0.15, 0.2) is 6.29 Å². The predicted molar refractivity (Wildman–Crippen MR) is 147 cm³/mol. The molecule has 1 aromatic heterocycles. The molecule has 198 valence electrons. The topological polar surface area (TPSA) is 113 Å². The van der Waals surface area contributed by atoms with Crippen molar-refractivity contribution < 1.29 is 19.1 Å². The van der Waals surface area contributed by atoms with Crippen LogP contribution in [0.4, 0.5) is 11.5 Å². The molecule has 38 heavy (non-hydrogen) atoms. The Labute approximate surface area is 222 Å².